The van der Waals surface area contributed by atoms with Gasteiger partial charge in [0.25, 0.3) is 5.91 Å². The van der Waals surface area contributed by atoms with Gasteiger partial charge < -0.3 is 15.0 Å². The Morgan fingerprint density at radius 1 is 0.972 bits per heavy atom. The summed E-state index contributed by atoms with van der Waals surface area (Å²) in [5.41, 5.74) is 4.33. The minimum atomic E-state index is -0.962. The number of aromatic nitrogens is 2. The summed E-state index contributed by atoms with van der Waals surface area (Å²) in [7, 11) is 0. The van der Waals surface area contributed by atoms with Crippen molar-refractivity contribution in [3.05, 3.63) is 88.4 Å². The second-order valence-corrected chi connectivity index (χ2v) is 9.69. The molecule has 0 aliphatic heterocycles. The molecular formula is C29H28ClN3O3. The van der Waals surface area contributed by atoms with E-state index in [2.05, 4.69) is 9.88 Å². The quantitative estimate of drug-likeness (QED) is 0.301. The molecular weight excluding hydrogens is 474 g/mol. The van der Waals surface area contributed by atoms with E-state index in [4.69, 9.17) is 16.6 Å². The highest BCUT2D eigenvalue weighted by atomic mass is 35.5. The number of benzene rings is 3. The number of nitrogens with zero attached hydrogens (tertiary/aromatic N) is 2. The Labute approximate surface area is 214 Å². The molecule has 3 aromatic carbocycles. The number of nitrogens with one attached hydrogen (secondary N) is 1. The lowest BCUT2D eigenvalue weighted by Crippen LogP contribution is -2.25. The summed E-state index contributed by atoms with van der Waals surface area (Å²) in [6, 6.07) is 20.6. The van der Waals surface area contributed by atoms with Gasteiger partial charge in [-0.05, 0) is 61.2 Å². The van der Waals surface area contributed by atoms with Crippen LogP contribution in [0.1, 0.15) is 64.4 Å². The van der Waals surface area contributed by atoms with Crippen molar-refractivity contribution >= 4 is 34.5 Å². The van der Waals surface area contributed by atoms with Gasteiger partial charge in [0.1, 0.15) is 5.82 Å². The van der Waals surface area contributed by atoms with E-state index in [1.807, 2.05) is 54.6 Å². The molecule has 0 bridgehead atoms. The number of aromatic carboxylic acids is 1. The number of amides is 1. The lowest BCUT2D eigenvalue weighted by Gasteiger charge is -2.25. The van der Waals surface area contributed by atoms with Crippen LogP contribution in [0.5, 0.6) is 0 Å². The lowest BCUT2D eigenvalue weighted by atomic mass is 9.94. The summed E-state index contributed by atoms with van der Waals surface area (Å²) in [6.45, 7) is 0.494. The highest BCUT2D eigenvalue weighted by Crippen LogP contribution is 2.36. The van der Waals surface area contributed by atoms with Gasteiger partial charge >= 0.3 is 5.97 Å². The highest BCUT2D eigenvalue weighted by molar-refractivity contribution is 6.31. The summed E-state index contributed by atoms with van der Waals surface area (Å²) in [5, 5.41) is 13.1. The molecule has 2 N–H and O–H groups in total. The predicted octanol–water partition coefficient (Wildman–Crippen LogP) is 6.53. The molecule has 6 nitrogen and oxygen atoms in total. The minimum absolute atomic E-state index is 0.138. The Bertz CT molecular complexity index is 1410. The summed E-state index contributed by atoms with van der Waals surface area (Å²) < 4.78 is 2.26. The molecule has 4 aromatic rings. The van der Waals surface area contributed by atoms with E-state index in [1.165, 1.54) is 19.3 Å². The van der Waals surface area contributed by atoms with Crippen molar-refractivity contribution in [1.82, 2.24) is 14.9 Å². The van der Waals surface area contributed by atoms with Gasteiger partial charge in [-0.1, -0.05) is 61.2 Å². The third-order valence-electron chi connectivity index (χ3n) is 6.92. The summed E-state index contributed by atoms with van der Waals surface area (Å²) in [5.74, 6) is -0.291. The molecule has 1 saturated carbocycles. The Kier molecular flexibility index (Phi) is 7.05. The predicted molar refractivity (Wildman–Crippen MR) is 142 cm³/mol. The molecule has 36 heavy (non-hydrogen) atoms. The van der Waals surface area contributed by atoms with Crippen molar-refractivity contribution < 1.29 is 14.7 Å². The van der Waals surface area contributed by atoms with Crippen molar-refractivity contribution in [2.24, 2.45) is 0 Å². The standard InChI is InChI=1S/C29H28ClN3O3/c30-24-9-5-4-6-19(24)16-17-31-28(34)21-12-10-20(11-13-21)27-32-25-18-22(29(35)36)14-15-26(25)33(27)23-7-2-1-3-8-23/h4-6,9-15,18,23H,1-3,7-8,16-17H2,(H,31,34)(H,35,36). The van der Waals surface area contributed by atoms with Gasteiger partial charge in [0.05, 0.1) is 16.6 Å². The van der Waals surface area contributed by atoms with Crippen LogP contribution < -0.4 is 5.32 Å². The molecule has 1 aliphatic carbocycles. The molecule has 0 atom stereocenters. The fourth-order valence-electron chi connectivity index (χ4n) is 5.03. The molecule has 0 unspecified atom stereocenters. The van der Waals surface area contributed by atoms with E-state index in [0.717, 1.165) is 35.3 Å². The smallest absolute Gasteiger partial charge is 0.335 e. The lowest BCUT2D eigenvalue weighted by molar-refractivity contribution is 0.0696. The average molecular weight is 502 g/mol. The second-order valence-electron chi connectivity index (χ2n) is 9.28. The number of imidazole rings is 1. The fourth-order valence-corrected chi connectivity index (χ4v) is 5.26. The first kappa shape index (κ1) is 24.1. The molecule has 7 heteroatoms. The van der Waals surface area contributed by atoms with E-state index in [0.29, 0.717) is 35.1 Å². The maximum atomic E-state index is 12.7. The van der Waals surface area contributed by atoms with Crippen LogP contribution in [0.25, 0.3) is 22.4 Å². The maximum Gasteiger partial charge on any atom is 0.335 e. The van der Waals surface area contributed by atoms with Crippen LogP contribution in [-0.2, 0) is 6.42 Å². The minimum Gasteiger partial charge on any atom is -0.478 e. The third kappa shape index (κ3) is 5.00. The Hall–Kier alpha value is -3.64. The van der Waals surface area contributed by atoms with Gasteiger partial charge in [0.2, 0.25) is 0 Å². The number of carbonyl (C=O) groups excluding carboxylic acids is 1. The zero-order valence-electron chi connectivity index (χ0n) is 19.9. The monoisotopic (exact) mass is 501 g/mol. The van der Waals surface area contributed by atoms with Crippen molar-refractivity contribution in [3.8, 4) is 11.4 Å². The molecule has 1 amide bonds. The van der Waals surface area contributed by atoms with Crippen LogP contribution in [0.15, 0.2) is 66.7 Å². The van der Waals surface area contributed by atoms with E-state index in [9.17, 15) is 14.7 Å². The van der Waals surface area contributed by atoms with Gasteiger partial charge in [-0.3, -0.25) is 4.79 Å². The molecule has 184 valence electrons. The van der Waals surface area contributed by atoms with Crippen LogP contribution in [0, 0.1) is 0 Å². The maximum absolute atomic E-state index is 12.7. The second kappa shape index (κ2) is 10.5. The Morgan fingerprint density at radius 3 is 2.42 bits per heavy atom. The summed E-state index contributed by atoms with van der Waals surface area (Å²) in [6.07, 6.45) is 6.39. The fraction of sp³-hybridized carbons (Fsp3) is 0.276. The molecule has 0 spiro atoms. The average Bonchev–Trinajstić information content (AvgIpc) is 3.29. The number of halogens is 1. The SMILES string of the molecule is O=C(O)c1ccc2c(c1)nc(-c1ccc(C(=O)NCCc3ccccc3Cl)cc1)n2C1CCCCC1. The van der Waals surface area contributed by atoms with Gasteiger partial charge in [-0.25, -0.2) is 9.78 Å². The third-order valence-corrected chi connectivity index (χ3v) is 7.29. The number of carboxylic acid groups (broad SMARTS) is 1. The van der Waals surface area contributed by atoms with Crippen LogP contribution >= 0.6 is 11.6 Å². The normalized spacial score (nSPS) is 14.1. The number of hydrogen-bond acceptors (Lipinski definition) is 3. The van der Waals surface area contributed by atoms with Crippen molar-refractivity contribution in [2.75, 3.05) is 6.54 Å². The van der Waals surface area contributed by atoms with Gasteiger partial charge in [-0.2, -0.15) is 0 Å². The Balaban J connectivity index is 1.38. The first-order chi connectivity index (χ1) is 17.5. The molecule has 1 heterocycles. The molecule has 0 radical (unpaired) electrons. The number of carboxylic acids is 1. The number of rotatable bonds is 7. The van der Waals surface area contributed by atoms with E-state index in [-0.39, 0.29) is 11.5 Å². The van der Waals surface area contributed by atoms with E-state index >= 15 is 0 Å². The Morgan fingerprint density at radius 2 is 1.69 bits per heavy atom. The van der Waals surface area contributed by atoms with Crippen LogP contribution in [-0.4, -0.2) is 33.1 Å². The zero-order chi connectivity index (χ0) is 25.1. The van der Waals surface area contributed by atoms with Crippen LogP contribution in [0.4, 0.5) is 0 Å². The van der Waals surface area contributed by atoms with Gasteiger partial charge in [0.15, 0.2) is 0 Å². The highest BCUT2D eigenvalue weighted by Gasteiger charge is 2.23. The number of hydrogen-bond donors (Lipinski definition) is 2. The van der Waals surface area contributed by atoms with Crippen LogP contribution in [0.3, 0.4) is 0 Å². The number of carbonyl (C=O) groups is 2. The molecule has 1 fully saturated rings. The summed E-state index contributed by atoms with van der Waals surface area (Å²) >= 11 is 6.20. The van der Waals surface area contributed by atoms with Gasteiger partial charge in [0, 0.05) is 28.7 Å². The topological polar surface area (TPSA) is 84.2 Å². The van der Waals surface area contributed by atoms with Crippen molar-refractivity contribution in [3.63, 3.8) is 0 Å². The largest absolute Gasteiger partial charge is 0.478 e. The zero-order valence-corrected chi connectivity index (χ0v) is 20.7. The summed E-state index contributed by atoms with van der Waals surface area (Å²) in [4.78, 5) is 29.1. The van der Waals surface area contributed by atoms with Gasteiger partial charge in [-0.15, -0.1) is 0 Å². The van der Waals surface area contributed by atoms with Crippen LogP contribution in [0.2, 0.25) is 5.02 Å². The van der Waals surface area contributed by atoms with Crippen molar-refractivity contribution in [2.45, 2.75) is 44.6 Å². The molecule has 1 aromatic heterocycles. The first-order valence-corrected chi connectivity index (χ1v) is 12.8. The van der Waals surface area contributed by atoms with Crippen molar-refractivity contribution in [1.29, 1.82) is 0 Å². The first-order valence-electron chi connectivity index (χ1n) is 12.4. The molecule has 0 saturated heterocycles. The van der Waals surface area contributed by atoms with E-state index < -0.39 is 5.97 Å². The molecule has 5 rings (SSSR count). The van der Waals surface area contributed by atoms with E-state index in [1.54, 1.807) is 12.1 Å². The molecule has 1 aliphatic rings. The number of fused-ring (bicyclic) bond motifs is 1.